The standard InChI is InChI=1S/C53H62Cl2FN7O5/c1-61-46-33(7-5-10-40(46)63(50(61)68)41-19-20-42(64)59-47(41)65)14-11-32-28-51(29-32)23-25-62(26-24-51)30-31-12-16-35(17-13-31)57-48(66)45-43(36-8-6-9-38(55)44(36)56)53(52(60-45)21-3-2-4-22-52)37-18-15-34(54)27-39(37)58-49(53)67/h5-10,15,18,27,31-32,35,41,43,45,60H,2-4,11-14,16-17,19-26,28-30H2,1H3,(H,57,66)(H,58,67)(H,59,64,65)/t31?,35?,41?,43-,45+,53+/m0/s1. The molecule has 3 aromatic carbocycles. The first-order valence-electron chi connectivity index (χ1n) is 25.2. The highest BCUT2D eigenvalue weighted by molar-refractivity contribution is 6.31. The van der Waals surface area contributed by atoms with Crippen LogP contribution in [0.3, 0.4) is 0 Å². The maximum atomic E-state index is 16.4. The number of para-hydroxylation sites is 1. The number of hydrogen-bond donors (Lipinski definition) is 4. The predicted molar refractivity (Wildman–Crippen MR) is 260 cm³/mol. The average molecular weight is 967 g/mol. The molecule has 3 spiro atoms. The van der Waals surface area contributed by atoms with Gasteiger partial charge in [0, 0.05) is 48.2 Å². The summed E-state index contributed by atoms with van der Waals surface area (Å²) in [6.07, 6.45) is 15.4. The molecule has 4 atom stereocenters. The molecule has 3 saturated carbocycles. The summed E-state index contributed by atoms with van der Waals surface area (Å²) in [5.74, 6) is -1.35. The van der Waals surface area contributed by atoms with Gasteiger partial charge >= 0.3 is 5.69 Å². The number of nitrogens with one attached hydrogen (secondary N) is 4. The van der Waals surface area contributed by atoms with Gasteiger partial charge in [-0.2, -0.15) is 0 Å². The summed E-state index contributed by atoms with van der Waals surface area (Å²) >= 11 is 12.9. The summed E-state index contributed by atoms with van der Waals surface area (Å²) in [6, 6.07) is 14.8. The van der Waals surface area contributed by atoms with E-state index < -0.39 is 40.7 Å². The van der Waals surface area contributed by atoms with Crippen molar-refractivity contribution in [2.45, 2.75) is 144 Å². The van der Waals surface area contributed by atoms with Crippen molar-refractivity contribution >= 4 is 63.6 Å². The number of nitrogens with zero attached hydrogens (tertiary/aromatic N) is 3. The van der Waals surface area contributed by atoms with E-state index in [4.69, 9.17) is 23.2 Å². The predicted octanol–water partition coefficient (Wildman–Crippen LogP) is 8.21. The van der Waals surface area contributed by atoms with Gasteiger partial charge in [0.25, 0.3) is 0 Å². The number of rotatable bonds is 9. The maximum absolute atomic E-state index is 16.4. The zero-order valence-corrected chi connectivity index (χ0v) is 40.3. The first-order chi connectivity index (χ1) is 32.8. The zero-order chi connectivity index (χ0) is 47.1. The lowest BCUT2D eigenvalue weighted by atomic mass is 9.55. The Hall–Kier alpha value is -4.56. The fourth-order valence-corrected chi connectivity index (χ4v) is 15.0. The van der Waals surface area contributed by atoms with E-state index in [2.05, 4.69) is 32.2 Å². The molecule has 4 N–H and O–H groups in total. The highest BCUT2D eigenvalue weighted by Gasteiger charge is 2.72. The summed E-state index contributed by atoms with van der Waals surface area (Å²) in [7, 11) is 1.78. The van der Waals surface area contributed by atoms with Crippen molar-refractivity contribution in [3.05, 3.63) is 97.6 Å². The highest BCUT2D eigenvalue weighted by Crippen LogP contribution is 2.63. The van der Waals surface area contributed by atoms with Crippen LogP contribution < -0.4 is 27.0 Å². The second kappa shape index (κ2) is 17.7. The number of likely N-dealkylation sites (tertiary alicyclic amines) is 1. The topological polar surface area (TPSA) is 147 Å². The number of anilines is 1. The Morgan fingerprint density at radius 3 is 2.37 bits per heavy atom. The van der Waals surface area contributed by atoms with Crippen LogP contribution in [0, 0.1) is 23.1 Å². The SMILES string of the molecule is Cn1c(=O)n(C2CCC(=O)NC2=O)c2cccc(CCC3CC4(CCN(CC5CCC(NC(=O)[C@@H]6NC7(CCCCC7)[C@@]7(C(=O)Nc8cc(Cl)ccc87)[C@H]6c6cccc(Cl)c6F)CC5)CC4)C3)c21. The Morgan fingerprint density at radius 2 is 1.62 bits per heavy atom. The number of piperidine rings is 2. The van der Waals surface area contributed by atoms with Crippen LogP contribution in [-0.4, -0.2) is 74.9 Å². The molecule has 3 saturated heterocycles. The summed E-state index contributed by atoms with van der Waals surface area (Å²) < 4.78 is 19.6. The fourth-order valence-electron chi connectivity index (χ4n) is 14.7. The van der Waals surface area contributed by atoms with Gasteiger partial charge < -0.3 is 15.5 Å². The second-order valence-electron chi connectivity index (χ2n) is 21.6. The average Bonchev–Trinajstić information content (AvgIpc) is 3.87. The molecule has 12 nitrogen and oxygen atoms in total. The van der Waals surface area contributed by atoms with Crippen LogP contribution in [0.1, 0.15) is 131 Å². The van der Waals surface area contributed by atoms with Crippen molar-refractivity contribution in [1.29, 1.82) is 0 Å². The Kier molecular flexibility index (Phi) is 11.9. The molecule has 360 valence electrons. The van der Waals surface area contributed by atoms with E-state index in [1.54, 1.807) is 40.4 Å². The normalized spacial score (nSPS) is 29.1. The van der Waals surface area contributed by atoms with Crippen molar-refractivity contribution in [2.75, 3.05) is 25.0 Å². The number of imidazole rings is 1. The molecular formula is C53H62Cl2FN7O5. The number of amides is 4. The smallest absolute Gasteiger partial charge is 0.329 e. The minimum atomic E-state index is -1.25. The number of aromatic nitrogens is 2. The van der Waals surface area contributed by atoms with Gasteiger partial charge in [-0.05, 0) is 155 Å². The quantitative estimate of drug-likeness (QED) is 0.124. The Labute approximate surface area is 406 Å². The van der Waals surface area contributed by atoms with Crippen LogP contribution in [0.5, 0.6) is 0 Å². The number of imide groups is 1. The minimum Gasteiger partial charge on any atom is -0.352 e. The Morgan fingerprint density at radius 1 is 0.868 bits per heavy atom. The van der Waals surface area contributed by atoms with Gasteiger partial charge in [-0.3, -0.25) is 38.9 Å². The van der Waals surface area contributed by atoms with Crippen LogP contribution >= 0.6 is 23.2 Å². The lowest BCUT2D eigenvalue weighted by Crippen LogP contribution is -2.60. The molecule has 0 bridgehead atoms. The summed E-state index contributed by atoms with van der Waals surface area (Å²) in [4.78, 5) is 70.1. The molecule has 1 unspecified atom stereocenters. The maximum Gasteiger partial charge on any atom is 0.329 e. The number of carbonyl (C=O) groups is 4. The van der Waals surface area contributed by atoms with E-state index in [1.165, 1.54) is 31.7 Å². The van der Waals surface area contributed by atoms with Crippen LogP contribution in [0.4, 0.5) is 10.1 Å². The highest BCUT2D eigenvalue weighted by atomic mass is 35.5. The molecule has 7 aliphatic rings. The first kappa shape index (κ1) is 45.9. The van der Waals surface area contributed by atoms with E-state index in [9.17, 15) is 24.0 Å². The van der Waals surface area contributed by atoms with Crippen LogP contribution in [0.2, 0.25) is 10.0 Å². The van der Waals surface area contributed by atoms with E-state index in [-0.39, 0.29) is 46.5 Å². The molecule has 11 rings (SSSR count). The molecule has 5 heterocycles. The van der Waals surface area contributed by atoms with Crippen molar-refractivity contribution in [1.82, 2.24) is 30.0 Å². The van der Waals surface area contributed by atoms with Crippen molar-refractivity contribution in [3.8, 4) is 0 Å². The van der Waals surface area contributed by atoms with Crippen molar-refractivity contribution in [3.63, 3.8) is 0 Å². The number of carbonyl (C=O) groups excluding carboxylic acids is 4. The lowest BCUT2D eigenvalue weighted by Gasteiger charge is -2.53. The molecule has 4 amide bonds. The summed E-state index contributed by atoms with van der Waals surface area (Å²) in [5, 5.41) is 13.2. The number of fused-ring (bicyclic) bond motifs is 4. The van der Waals surface area contributed by atoms with Gasteiger partial charge in [0.2, 0.25) is 23.6 Å². The molecule has 3 aliphatic carbocycles. The molecule has 4 aliphatic heterocycles. The first-order valence-corrected chi connectivity index (χ1v) is 25.9. The molecule has 4 aromatic rings. The second-order valence-corrected chi connectivity index (χ2v) is 22.5. The molecule has 15 heteroatoms. The zero-order valence-electron chi connectivity index (χ0n) is 38.8. The van der Waals surface area contributed by atoms with Gasteiger partial charge in [0.05, 0.1) is 22.1 Å². The van der Waals surface area contributed by atoms with Gasteiger partial charge in [-0.15, -0.1) is 0 Å². The van der Waals surface area contributed by atoms with Crippen molar-refractivity contribution in [2.24, 2.45) is 24.3 Å². The van der Waals surface area contributed by atoms with Crippen LogP contribution in [0.15, 0.2) is 59.4 Å². The lowest BCUT2D eigenvalue weighted by molar-refractivity contribution is -0.136. The largest absolute Gasteiger partial charge is 0.352 e. The van der Waals surface area contributed by atoms with Crippen LogP contribution in [-0.2, 0) is 38.1 Å². The number of hydrogen-bond acceptors (Lipinski definition) is 7. The number of aryl methyl sites for hydroxylation is 2. The number of halogens is 3. The molecular weight excluding hydrogens is 905 g/mol. The van der Waals surface area contributed by atoms with Crippen molar-refractivity contribution < 1.29 is 23.6 Å². The third-order valence-corrected chi connectivity index (χ3v) is 18.4. The van der Waals surface area contributed by atoms with Gasteiger partial charge in [0.1, 0.15) is 17.3 Å². The van der Waals surface area contributed by atoms with Gasteiger partial charge in [0.15, 0.2) is 0 Å². The van der Waals surface area contributed by atoms with Gasteiger partial charge in [-0.1, -0.05) is 72.8 Å². The van der Waals surface area contributed by atoms with Gasteiger partial charge in [-0.25, -0.2) is 9.18 Å². The van der Waals surface area contributed by atoms with E-state index in [0.717, 1.165) is 99.6 Å². The third-order valence-electron chi connectivity index (χ3n) is 17.9. The molecule has 6 fully saturated rings. The van der Waals surface area contributed by atoms with E-state index in [1.807, 2.05) is 18.2 Å². The minimum absolute atomic E-state index is 0.00796. The Bertz CT molecular complexity index is 2740. The monoisotopic (exact) mass is 965 g/mol. The van der Waals surface area contributed by atoms with Crippen LogP contribution in [0.25, 0.3) is 11.0 Å². The third kappa shape index (κ3) is 7.55. The summed E-state index contributed by atoms with van der Waals surface area (Å²) in [5.41, 5.74) is 2.57. The van der Waals surface area contributed by atoms with E-state index >= 15 is 4.39 Å². The fraction of sp³-hybridized carbons (Fsp3) is 0.566. The summed E-state index contributed by atoms with van der Waals surface area (Å²) in [6.45, 7) is 3.30. The molecule has 68 heavy (non-hydrogen) atoms. The Balaban J connectivity index is 0.697. The van der Waals surface area contributed by atoms with E-state index in [0.29, 0.717) is 47.2 Å². The number of benzene rings is 3. The molecule has 1 aromatic heterocycles. The molecule has 0 radical (unpaired) electrons.